The van der Waals surface area contributed by atoms with Gasteiger partial charge in [-0.1, -0.05) is 40.2 Å². The van der Waals surface area contributed by atoms with Gasteiger partial charge in [-0.25, -0.2) is 0 Å². The van der Waals surface area contributed by atoms with E-state index in [-0.39, 0.29) is 24.9 Å². The summed E-state index contributed by atoms with van der Waals surface area (Å²) in [7, 11) is 0. The molecule has 1 N–H and O–H groups in total. The Morgan fingerprint density at radius 3 is 2.66 bits per heavy atom. The van der Waals surface area contributed by atoms with Crippen LogP contribution < -0.4 is 15.0 Å². The Hall–Kier alpha value is -3.06. The summed E-state index contributed by atoms with van der Waals surface area (Å²) in [6.07, 6.45) is -0.628. The Kier molecular flexibility index (Phi) is 5.40. The number of benzene rings is 2. The number of carbonyl (C=O) groups is 2. The van der Waals surface area contributed by atoms with Crippen LogP contribution in [0.5, 0.6) is 5.75 Å². The van der Waals surface area contributed by atoms with Gasteiger partial charge in [0.15, 0.2) is 6.10 Å². The lowest BCUT2D eigenvalue weighted by atomic mass is 10.2. The molecule has 1 aromatic heterocycles. The summed E-state index contributed by atoms with van der Waals surface area (Å²) in [6, 6.07) is 18.7. The van der Waals surface area contributed by atoms with E-state index in [1.165, 1.54) is 4.90 Å². The van der Waals surface area contributed by atoms with Crippen molar-refractivity contribution in [3.63, 3.8) is 0 Å². The van der Waals surface area contributed by atoms with Crippen molar-refractivity contribution in [3.05, 3.63) is 70.9 Å². The minimum absolute atomic E-state index is 0.0795. The number of rotatable bonds is 5. The van der Waals surface area contributed by atoms with Gasteiger partial charge in [0, 0.05) is 10.0 Å². The first-order valence-electron chi connectivity index (χ1n) is 9.19. The van der Waals surface area contributed by atoms with Gasteiger partial charge >= 0.3 is 0 Å². The Morgan fingerprint density at radius 1 is 1.10 bits per heavy atom. The van der Waals surface area contributed by atoms with Crippen LogP contribution >= 0.6 is 15.9 Å². The van der Waals surface area contributed by atoms with Gasteiger partial charge in [-0.2, -0.15) is 0 Å². The molecule has 4 rings (SSSR count). The zero-order valence-electron chi connectivity index (χ0n) is 15.7. The standard InChI is InChI=1S/C22H19BrN2O4/c1-14-22(27)25(18-4-2-3-5-20(18)28-14)13-21(26)24-12-17-10-11-19(29-17)15-6-8-16(23)9-7-15/h2-11,14H,12-13H2,1H3,(H,24,26). The Bertz CT molecular complexity index is 1040. The fraction of sp³-hybridized carbons (Fsp3) is 0.182. The zero-order valence-corrected chi connectivity index (χ0v) is 17.3. The highest BCUT2D eigenvalue weighted by Gasteiger charge is 2.32. The topological polar surface area (TPSA) is 71.8 Å². The summed E-state index contributed by atoms with van der Waals surface area (Å²) in [4.78, 5) is 26.4. The van der Waals surface area contributed by atoms with Crippen LogP contribution in [0.3, 0.4) is 0 Å². The van der Waals surface area contributed by atoms with Crippen molar-refractivity contribution in [1.82, 2.24) is 5.32 Å². The average Bonchev–Trinajstić information content (AvgIpc) is 3.19. The number of nitrogens with one attached hydrogen (secondary N) is 1. The Balaban J connectivity index is 1.39. The molecule has 148 valence electrons. The van der Waals surface area contributed by atoms with Gasteiger partial charge in [0.2, 0.25) is 5.91 Å². The minimum Gasteiger partial charge on any atom is -0.479 e. The van der Waals surface area contributed by atoms with Gasteiger partial charge in [0.05, 0.1) is 12.2 Å². The Labute approximate surface area is 176 Å². The molecule has 0 saturated carbocycles. The van der Waals surface area contributed by atoms with Crippen molar-refractivity contribution in [2.45, 2.75) is 19.6 Å². The number of amides is 2. The first-order chi connectivity index (χ1) is 14.0. The number of nitrogens with zero attached hydrogens (tertiary/aromatic N) is 1. The third-order valence-corrected chi connectivity index (χ3v) is 5.15. The molecule has 1 aliphatic heterocycles. The first kappa shape index (κ1) is 19.3. The Morgan fingerprint density at radius 2 is 1.86 bits per heavy atom. The second kappa shape index (κ2) is 8.13. The molecule has 0 aliphatic carbocycles. The fourth-order valence-corrected chi connectivity index (χ4v) is 3.41. The molecule has 0 radical (unpaired) electrons. The second-order valence-corrected chi connectivity index (χ2v) is 7.62. The fourth-order valence-electron chi connectivity index (χ4n) is 3.15. The van der Waals surface area contributed by atoms with Crippen molar-refractivity contribution in [3.8, 4) is 17.1 Å². The van der Waals surface area contributed by atoms with E-state index >= 15 is 0 Å². The van der Waals surface area contributed by atoms with Gasteiger partial charge in [0.1, 0.15) is 23.8 Å². The van der Waals surface area contributed by atoms with Crippen LogP contribution in [-0.2, 0) is 16.1 Å². The first-order valence-corrected chi connectivity index (χ1v) is 9.99. The molecule has 2 aromatic carbocycles. The van der Waals surface area contributed by atoms with Crippen molar-refractivity contribution in [2.24, 2.45) is 0 Å². The van der Waals surface area contributed by atoms with Crippen molar-refractivity contribution >= 4 is 33.4 Å². The van der Waals surface area contributed by atoms with Crippen LogP contribution in [0.4, 0.5) is 5.69 Å². The van der Waals surface area contributed by atoms with Crippen LogP contribution in [0, 0.1) is 0 Å². The van der Waals surface area contributed by atoms with E-state index < -0.39 is 6.10 Å². The summed E-state index contributed by atoms with van der Waals surface area (Å²) in [5.41, 5.74) is 1.55. The van der Waals surface area contributed by atoms with E-state index in [9.17, 15) is 9.59 Å². The maximum absolute atomic E-state index is 12.5. The lowest BCUT2D eigenvalue weighted by molar-refractivity contribution is -0.128. The highest BCUT2D eigenvalue weighted by atomic mass is 79.9. The number of para-hydroxylation sites is 2. The molecule has 1 aliphatic rings. The van der Waals surface area contributed by atoms with Gasteiger partial charge in [-0.15, -0.1) is 0 Å². The number of carbonyl (C=O) groups excluding carboxylic acids is 2. The second-order valence-electron chi connectivity index (χ2n) is 6.70. The summed E-state index contributed by atoms with van der Waals surface area (Å²) < 4.78 is 12.4. The predicted octanol–water partition coefficient (Wildman–Crippen LogP) is 4.14. The molecule has 1 unspecified atom stereocenters. The minimum atomic E-state index is -0.628. The average molecular weight is 455 g/mol. The molecule has 6 nitrogen and oxygen atoms in total. The molecule has 0 spiro atoms. The number of furan rings is 1. The van der Waals surface area contributed by atoms with E-state index in [0.717, 1.165) is 15.8 Å². The number of hydrogen-bond donors (Lipinski definition) is 1. The molecule has 0 fully saturated rings. The molecule has 2 amide bonds. The van der Waals surface area contributed by atoms with Crippen LogP contribution in [0.25, 0.3) is 11.3 Å². The van der Waals surface area contributed by atoms with E-state index in [1.54, 1.807) is 19.1 Å². The number of fused-ring (bicyclic) bond motifs is 1. The molecule has 0 saturated heterocycles. The van der Waals surface area contributed by atoms with Crippen molar-refractivity contribution < 1.29 is 18.7 Å². The molecule has 3 aromatic rings. The van der Waals surface area contributed by atoms with Crippen LogP contribution in [-0.4, -0.2) is 24.5 Å². The summed E-state index contributed by atoms with van der Waals surface area (Å²) in [5.74, 6) is 1.45. The maximum Gasteiger partial charge on any atom is 0.268 e. The lowest BCUT2D eigenvalue weighted by Gasteiger charge is -2.32. The van der Waals surface area contributed by atoms with Crippen molar-refractivity contribution in [2.75, 3.05) is 11.4 Å². The zero-order chi connectivity index (χ0) is 20.4. The number of hydrogen-bond acceptors (Lipinski definition) is 4. The summed E-state index contributed by atoms with van der Waals surface area (Å²) in [5, 5.41) is 2.81. The van der Waals surface area contributed by atoms with E-state index in [4.69, 9.17) is 9.15 Å². The van der Waals surface area contributed by atoms with E-state index in [1.807, 2.05) is 48.5 Å². The summed E-state index contributed by atoms with van der Waals surface area (Å²) in [6.45, 7) is 1.84. The molecule has 29 heavy (non-hydrogen) atoms. The molecule has 7 heteroatoms. The van der Waals surface area contributed by atoms with E-state index in [2.05, 4.69) is 21.2 Å². The highest BCUT2D eigenvalue weighted by molar-refractivity contribution is 9.10. The third-order valence-electron chi connectivity index (χ3n) is 4.63. The van der Waals surface area contributed by atoms with Crippen LogP contribution in [0.2, 0.25) is 0 Å². The lowest BCUT2D eigenvalue weighted by Crippen LogP contribution is -2.48. The van der Waals surface area contributed by atoms with Gasteiger partial charge in [0.25, 0.3) is 5.91 Å². The third kappa shape index (κ3) is 4.19. The van der Waals surface area contributed by atoms with Gasteiger partial charge in [-0.3, -0.25) is 14.5 Å². The maximum atomic E-state index is 12.5. The van der Waals surface area contributed by atoms with Crippen LogP contribution in [0.15, 0.2) is 69.6 Å². The largest absolute Gasteiger partial charge is 0.479 e. The quantitative estimate of drug-likeness (QED) is 0.628. The SMILES string of the molecule is CC1Oc2ccccc2N(CC(=O)NCc2ccc(-c3ccc(Br)cc3)o2)C1=O. The number of anilines is 1. The normalized spacial score (nSPS) is 15.6. The predicted molar refractivity (Wildman–Crippen MR) is 113 cm³/mol. The van der Waals surface area contributed by atoms with Crippen molar-refractivity contribution in [1.29, 1.82) is 0 Å². The van der Waals surface area contributed by atoms with Crippen LogP contribution in [0.1, 0.15) is 12.7 Å². The number of ether oxygens (including phenoxy) is 1. The van der Waals surface area contributed by atoms with Gasteiger partial charge in [-0.05, 0) is 43.3 Å². The smallest absolute Gasteiger partial charge is 0.268 e. The summed E-state index contributed by atoms with van der Waals surface area (Å²) >= 11 is 3.41. The van der Waals surface area contributed by atoms with E-state index in [0.29, 0.717) is 17.2 Å². The highest BCUT2D eigenvalue weighted by Crippen LogP contribution is 2.33. The molecule has 2 heterocycles. The molecular weight excluding hydrogens is 436 g/mol. The number of halogens is 1. The molecular formula is C22H19BrN2O4. The molecule has 0 bridgehead atoms. The molecule has 1 atom stereocenters. The van der Waals surface area contributed by atoms with Gasteiger partial charge < -0.3 is 14.5 Å². The monoisotopic (exact) mass is 454 g/mol.